The Kier molecular flexibility index (Phi) is 5.71. The van der Waals surface area contributed by atoms with Crippen LogP contribution in [-0.2, 0) is 16.0 Å². The molecule has 2 heterocycles. The number of thiazole rings is 1. The summed E-state index contributed by atoms with van der Waals surface area (Å²) < 4.78 is 5.72. The predicted molar refractivity (Wildman–Crippen MR) is 114 cm³/mol. The number of rotatable bonds is 5. The highest BCUT2D eigenvalue weighted by molar-refractivity contribution is 7.15. The van der Waals surface area contributed by atoms with Crippen molar-refractivity contribution in [3.63, 3.8) is 0 Å². The first-order valence-electron chi connectivity index (χ1n) is 9.66. The quantitative estimate of drug-likeness (QED) is 0.711. The standard InChI is InChI=1S/C22H25N3O2S/c1-15-12-25(13-16(2)27-15)14-21(26)24-22-23-11-19(28-22)10-18-8-5-7-17-6-3-4-9-20(17)18/h3-9,11,15-16H,10,12-14H2,1-2H3,(H,23,24,26)/t15-,16+. The van der Waals surface area contributed by atoms with Gasteiger partial charge in [-0.25, -0.2) is 4.98 Å². The van der Waals surface area contributed by atoms with E-state index in [1.807, 2.05) is 20.0 Å². The summed E-state index contributed by atoms with van der Waals surface area (Å²) in [6.45, 7) is 6.02. The van der Waals surface area contributed by atoms with E-state index in [1.165, 1.54) is 16.3 Å². The largest absolute Gasteiger partial charge is 0.373 e. The molecule has 28 heavy (non-hydrogen) atoms. The number of morpholine rings is 1. The molecule has 0 saturated carbocycles. The molecule has 0 unspecified atom stereocenters. The Morgan fingerprint density at radius 1 is 1.18 bits per heavy atom. The van der Waals surface area contributed by atoms with E-state index in [0.717, 1.165) is 24.4 Å². The van der Waals surface area contributed by atoms with Crippen LogP contribution >= 0.6 is 11.3 Å². The molecule has 1 aromatic heterocycles. The molecule has 146 valence electrons. The van der Waals surface area contributed by atoms with Gasteiger partial charge in [-0.3, -0.25) is 9.69 Å². The van der Waals surface area contributed by atoms with E-state index >= 15 is 0 Å². The second kappa shape index (κ2) is 8.39. The van der Waals surface area contributed by atoms with Crippen LogP contribution in [0, 0.1) is 0 Å². The highest BCUT2D eigenvalue weighted by Crippen LogP contribution is 2.25. The van der Waals surface area contributed by atoms with E-state index in [0.29, 0.717) is 11.7 Å². The molecule has 5 nitrogen and oxygen atoms in total. The molecule has 1 saturated heterocycles. The van der Waals surface area contributed by atoms with Crippen molar-refractivity contribution in [1.82, 2.24) is 9.88 Å². The summed E-state index contributed by atoms with van der Waals surface area (Å²) in [6, 6.07) is 14.8. The van der Waals surface area contributed by atoms with E-state index in [2.05, 4.69) is 57.7 Å². The van der Waals surface area contributed by atoms with Crippen LogP contribution in [-0.4, -0.2) is 47.6 Å². The summed E-state index contributed by atoms with van der Waals surface area (Å²) in [4.78, 5) is 20.1. The number of hydrogen-bond donors (Lipinski definition) is 1. The Hall–Kier alpha value is -2.28. The molecule has 4 rings (SSSR count). The number of hydrogen-bond acceptors (Lipinski definition) is 5. The van der Waals surface area contributed by atoms with Gasteiger partial charge in [0.05, 0.1) is 18.8 Å². The lowest BCUT2D eigenvalue weighted by atomic mass is 10.0. The van der Waals surface area contributed by atoms with Crippen molar-refractivity contribution in [2.75, 3.05) is 25.0 Å². The monoisotopic (exact) mass is 395 g/mol. The van der Waals surface area contributed by atoms with Crippen molar-refractivity contribution in [2.24, 2.45) is 0 Å². The highest BCUT2D eigenvalue weighted by Gasteiger charge is 2.23. The van der Waals surface area contributed by atoms with Crippen LogP contribution < -0.4 is 5.32 Å². The lowest BCUT2D eigenvalue weighted by Gasteiger charge is -2.34. The van der Waals surface area contributed by atoms with E-state index in [-0.39, 0.29) is 18.1 Å². The number of nitrogens with zero attached hydrogens (tertiary/aromatic N) is 2. The zero-order chi connectivity index (χ0) is 19.5. The fourth-order valence-corrected chi connectivity index (χ4v) is 4.71. The van der Waals surface area contributed by atoms with Crippen molar-refractivity contribution in [3.8, 4) is 0 Å². The van der Waals surface area contributed by atoms with E-state index in [9.17, 15) is 4.79 Å². The van der Waals surface area contributed by atoms with Crippen molar-refractivity contribution >= 4 is 33.1 Å². The van der Waals surface area contributed by atoms with E-state index in [4.69, 9.17) is 4.74 Å². The number of carbonyl (C=O) groups is 1. The number of carbonyl (C=O) groups excluding carboxylic acids is 1. The second-order valence-electron chi connectivity index (χ2n) is 7.45. The molecule has 6 heteroatoms. The molecule has 0 radical (unpaired) electrons. The Labute approximate surface area is 169 Å². The van der Waals surface area contributed by atoms with Crippen LogP contribution in [0.15, 0.2) is 48.7 Å². The number of amides is 1. The third kappa shape index (κ3) is 4.58. The maximum atomic E-state index is 12.4. The van der Waals surface area contributed by atoms with Gasteiger partial charge in [-0.1, -0.05) is 42.5 Å². The molecule has 1 N–H and O–H groups in total. The maximum absolute atomic E-state index is 12.4. The van der Waals surface area contributed by atoms with Gasteiger partial charge in [-0.05, 0) is 30.2 Å². The number of anilines is 1. The number of nitrogens with one attached hydrogen (secondary N) is 1. The van der Waals surface area contributed by atoms with Gasteiger partial charge in [0.25, 0.3) is 0 Å². The minimum absolute atomic E-state index is 0.0210. The third-order valence-electron chi connectivity index (χ3n) is 4.91. The topological polar surface area (TPSA) is 54.5 Å². The molecular weight excluding hydrogens is 370 g/mol. The second-order valence-corrected chi connectivity index (χ2v) is 8.56. The molecule has 0 aliphatic carbocycles. The Morgan fingerprint density at radius 3 is 2.75 bits per heavy atom. The van der Waals surface area contributed by atoms with Gasteiger partial charge < -0.3 is 10.1 Å². The normalized spacial score (nSPS) is 20.4. The Bertz CT molecular complexity index is 956. The Morgan fingerprint density at radius 2 is 1.93 bits per heavy atom. The van der Waals surface area contributed by atoms with E-state index in [1.54, 1.807) is 11.3 Å². The highest BCUT2D eigenvalue weighted by atomic mass is 32.1. The van der Waals surface area contributed by atoms with Gasteiger partial charge in [-0.15, -0.1) is 11.3 Å². The van der Waals surface area contributed by atoms with Gasteiger partial charge in [0.15, 0.2) is 5.13 Å². The number of ether oxygens (including phenoxy) is 1. The maximum Gasteiger partial charge on any atom is 0.240 e. The summed E-state index contributed by atoms with van der Waals surface area (Å²) in [5.41, 5.74) is 1.27. The van der Waals surface area contributed by atoms with Gasteiger partial charge in [-0.2, -0.15) is 0 Å². The van der Waals surface area contributed by atoms with Crippen molar-refractivity contribution in [1.29, 1.82) is 0 Å². The average molecular weight is 396 g/mol. The van der Waals surface area contributed by atoms with Crippen LogP contribution in [0.5, 0.6) is 0 Å². The molecule has 2 aromatic carbocycles. The molecule has 1 aliphatic rings. The first-order valence-corrected chi connectivity index (χ1v) is 10.5. The van der Waals surface area contributed by atoms with Gasteiger partial charge in [0.1, 0.15) is 0 Å². The molecule has 1 aliphatic heterocycles. The molecule has 3 aromatic rings. The van der Waals surface area contributed by atoms with Gasteiger partial charge >= 0.3 is 0 Å². The fraction of sp³-hybridized carbons (Fsp3) is 0.364. The van der Waals surface area contributed by atoms with Crippen LogP contribution in [0.25, 0.3) is 10.8 Å². The zero-order valence-corrected chi connectivity index (χ0v) is 17.0. The van der Waals surface area contributed by atoms with Crippen LogP contribution in [0.2, 0.25) is 0 Å². The van der Waals surface area contributed by atoms with Crippen molar-refractivity contribution in [2.45, 2.75) is 32.5 Å². The molecule has 0 bridgehead atoms. The first kappa shape index (κ1) is 19.1. The molecule has 0 spiro atoms. The summed E-state index contributed by atoms with van der Waals surface area (Å²) in [7, 11) is 0. The summed E-state index contributed by atoms with van der Waals surface area (Å²) in [6.07, 6.45) is 2.99. The summed E-state index contributed by atoms with van der Waals surface area (Å²) in [5, 5.41) is 6.12. The summed E-state index contributed by atoms with van der Waals surface area (Å²) in [5.74, 6) is -0.0210. The SMILES string of the molecule is C[C@@H]1CN(CC(=O)Nc2ncc(Cc3cccc4ccccc34)s2)C[C@H](C)O1. The fourth-order valence-electron chi connectivity index (χ4n) is 3.86. The Balaban J connectivity index is 1.38. The smallest absolute Gasteiger partial charge is 0.240 e. The van der Waals surface area contributed by atoms with Gasteiger partial charge in [0, 0.05) is 30.6 Å². The molecule has 1 amide bonds. The predicted octanol–water partition coefficient (Wildman–Crippen LogP) is 3.93. The van der Waals surface area contributed by atoms with Crippen LogP contribution in [0.4, 0.5) is 5.13 Å². The third-order valence-corrected chi connectivity index (χ3v) is 5.82. The minimum Gasteiger partial charge on any atom is -0.373 e. The lowest BCUT2D eigenvalue weighted by molar-refractivity contribution is -0.121. The lowest BCUT2D eigenvalue weighted by Crippen LogP contribution is -2.48. The molecular formula is C22H25N3O2S. The van der Waals surface area contributed by atoms with E-state index < -0.39 is 0 Å². The van der Waals surface area contributed by atoms with Crippen molar-refractivity contribution in [3.05, 3.63) is 59.1 Å². The number of aromatic nitrogens is 1. The zero-order valence-electron chi connectivity index (χ0n) is 16.2. The molecule has 2 atom stereocenters. The number of benzene rings is 2. The van der Waals surface area contributed by atoms with Crippen LogP contribution in [0.1, 0.15) is 24.3 Å². The number of fused-ring (bicyclic) bond motifs is 1. The average Bonchev–Trinajstić information content (AvgIpc) is 3.08. The first-order chi connectivity index (χ1) is 13.6. The minimum atomic E-state index is -0.0210. The van der Waals surface area contributed by atoms with Crippen molar-refractivity contribution < 1.29 is 9.53 Å². The molecule has 1 fully saturated rings. The van der Waals surface area contributed by atoms with Crippen LogP contribution in [0.3, 0.4) is 0 Å². The summed E-state index contributed by atoms with van der Waals surface area (Å²) >= 11 is 1.54. The van der Waals surface area contributed by atoms with Gasteiger partial charge in [0.2, 0.25) is 5.91 Å².